The first-order valence-electron chi connectivity index (χ1n) is 27.0. The molecule has 0 aliphatic heterocycles. The molecule has 0 aromatic heterocycles. The van der Waals surface area contributed by atoms with E-state index in [4.69, 9.17) is 0 Å². The third kappa shape index (κ3) is 7.14. The van der Waals surface area contributed by atoms with E-state index in [-0.39, 0.29) is 0 Å². The SMILES string of the molecule is [CH3][Zr]([CH3])(=[SiH2])([CH]1C(CC2CCC2)=Cc2c(-c3cccc4ccccc34)ccc(-c3cccc4ccccc34)c21)[CH]1C(CC2CCC2)=Cc2c(-c3cccc4ccccc34)ccc(-c3cccc4ccccc34)c21. The number of fused-ring (bicyclic) bond motifs is 6. The second kappa shape index (κ2) is 17.2. The van der Waals surface area contributed by atoms with Crippen LogP contribution in [0.15, 0.2) is 205 Å². The Balaban J connectivity index is 1.08. The molecule has 2 fully saturated rings. The topological polar surface area (TPSA) is 0 Å². The summed E-state index contributed by atoms with van der Waals surface area (Å²) in [5, 5.41) is 10.6. The Morgan fingerprint density at radius 2 is 0.639 bits per heavy atom. The van der Waals surface area contributed by atoms with Gasteiger partial charge in [-0.25, -0.2) is 0 Å². The quantitative estimate of drug-likeness (QED) is 0.120. The minimum absolute atomic E-state index is 0.353. The molecule has 0 amide bonds. The monoisotopic (exact) mass is 1020 g/mol. The van der Waals surface area contributed by atoms with Gasteiger partial charge >= 0.3 is 431 Å². The Morgan fingerprint density at radius 1 is 0.347 bits per heavy atom. The molecule has 350 valence electrons. The molecule has 0 N–H and O–H groups in total. The average Bonchev–Trinajstić information content (AvgIpc) is 3.99. The van der Waals surface area contributed by atoms with E-state index < -0.39 is 17.4 Å². The summed E-state index contributed by atoms with van der Waals surface area (Å²) in [6.45, 7) is 2.58. The first kappa shape index (κ1) is 44.5. The van der Waals surface area contributed by atoms with Gasteiger partial charge in [-0.1, -0.05) is 0 Å². The number of allylic oxidation sites excluding steroid dienone is 2. The Bertz CT molecular complexity index is 3720. The Kier molecular flexibility index (Phi) is 10.6. The van der Waals surface area contributed by atoms with Crippen molar-refractivity contribution in [2.24, 2.45) is 11.8 Å². The summed E-state index contributed by atoms with van der Waals surface area (Å²) in [4.78, 5) is 0. The van der Waals surface area contributed by atoms with Crippen LogP contribution in [0, 0.1) is 11.8 Å². The van der Waals surface area contributed by atoms with Crippen molar-refractivity contribution < 1.29 is 17.4 Å². The van der Waals surface area contributed by atoms with Crippen molar-refractivity contribution in [3.8, 4) is 44.5 Å². The van der Waals surface area contributed by atoms with Gasteiger partial charge in [-0.05, 0) is 0 Å². The molecule has 2 atom stereocenters. The molecule has 2 saturated carbocycles. The van der Waals surface area contributed by atoms with E-state index in [0.717, 1.165) is 11.8 Å². The number of hydrogen-bond donors (Lipinski definition) is 0. The van der Waals surface area contributed by atoms with Crippen LogP contribution in [0.25, 0.3) is 99.7 Å². The van der Waals surface area contributed by atoms with Crippen molar-refractivity contribution in [1.29, 1.82) is 0 Å². The van der Waals surface area contributed by atoms with E-state index >= 15 is 0 Å². The second-order valence-electron chi connectivity index (χ2n) is 23.3. The van der Waals surface area contributed by atoms with E-state index in [0.29, 0.717) is 7.25 Å². The summed E-state index contributed by atoms with van der Waals surface area (Å²) in [5.41, 5.74) is 20.7. The zero-order chi connectivity index (χ0) is 48.2. The summed E-state index contributed by atoms with van der Waals surface area (Å²) in [6.07, 6.45) is 16.1. The standard InChI is InChI=1S/2C34H27.2CH3.H2Si.Zr/c2*1-3-14-27-25(10-1)12-6-16-29(27)31-18-19-32(30-17-7-13-26-11-2-4-15-28(26)30)34-22-24(21-33(31)34)20-23-8-5-9-23;;;;/h2*1-4,6-7,10-19,21-23H,5,8-9,20H2;2*1H3;1H2;. The van der Waals surface area contributed by atoms with Gasteiger partial charge in [0.25, 0.3) is 0 Å². The van der Waals surface area contributed by atoms with E-state index in [9.17, 15) is 0 Å². The molecule has 72 heavy (non-hydrogen) atoms. The minimum atomic E-state index is -4.44. The molecule has 2 unspecified atom stereocenters. The molecule has 0 bridgehead atoms. The molecule has 0 nitrogen and oxygen atoms in total. The summed E-state index contributed by atoms with van der Waals surface area (Å²) in [5.74, 6) is 1.49. The van der Waals surface area contributed by atoms with Crippen molar-refractivity contribution in [3.05, 3.63) is 228 Å². The van der Waals surface area contributed by atoms with Gasteiger partial charge in [0.05, 0.1) is 0 Å². The fourth-order valence-electron chi connectivity index (χ4n) is 14.6. The average molecular weight is 1020 g/mol. The first-order valence-corrected chi connectivity index (χ1v) is 40.7. The van der Waals surface area contributed by atoms with Crippen molar-refractivity contribution >= 4 is 62.1 Å². The Labute approximate surface area is 428 Å². The summed E-state index contributed by atoms with van der Waals surface area (Å²) in [6, 6.07) is 74.6. The molecule has 14 rings (SSSR count). The van der Waals surface area contributed by atoms with Crippen molar-refractivity contribution in [1.82, 2.24) is 0 Å². The molecule has 0 heterocycles. The Hall–Kier alpha value is -6.18. The molecule has 10 aromatic rings. The van der Waals surface area contributed by atoms with Crippen molar-refractivity contribution in [2.75, 3.05) is 0 Å². The number of benzene rings is 10. The molecule has 0 saturated heterocycles. The van der Waals surface area contributed by atoms with Crippen LogP contribution in [-0.2, 0) is 17.4 Å². The van der Waals surface area contributed by atoms with Gasteiger partial charge in [0.15, 0.2) is 0 Å². The van der Waals surface area contributed by atoms with Gasteiger partial charge in [-0.2, -0.15) is 0 Å². The van der Waals surface area contributed by atoms with Crippen LogP contribution in [0.2, 0.25) is 9.26 Å². The molecular formula is C70H62SiZr. The fourth-order valence-corrected chi connectivity index (χ4v) is 34.1. The first-order chi connectivity index (χ1) is 35.3. The van der Waals surface area contributed by atoms with Crippen molar-refractivity contribution in [3.63, 3.8) is 0 Å². The van der Waals surface area contributed by atoms with Gasteiger partial charge in [0.1, 0.15) is 0 Å². The summed E-state index contributed by atoms with van der Waals surface area (Å²) in [7, 11) is 0. The van der Waals surface area contributed by atoms with Gasteiger partial charge in [-0.15, -0.1) is 0 Å². The third-order valence-electron chi connectivity index (χ3n) is 18.3. The molecule has 2 heteroatoms. The number of rotatable bonds is 10. The van der Waals surface area contributed by atoms with Crippen LogP contribution >= 0.6 is 0 Å². The van der Waals surface area contributed by atoms with E-state index in [1.165, 1.54) is 150 Å². The van der Waals surface area contributed by atoms with E-state index in [1.807, 2.05) is 0 Å². The predicted octanol–water partition coefficient (Wildman–Crippen LogP) is 19.3. The maximum absolute atomic E-state index is 4.44. The van der Waals surface area contributed by atoms with Gasteiger partial charge in [0, 0.05) is 0 Å². The molecular weight excluding hydrogens is 960 g/mol. The van der Waals surface area contributed by atoms with Crippen LogP contribution in [0.1, 0.15) is 80.9 Å². The summed E-state index contributed by atoms with van der Waals surface area (Å²) < 4.78 is 6.59. The van der Waals surface area contributed by atoms with Gasteiger partial charge < -0.3 is 0 Å². The van der Waals surface area contributed by atoms with E-state index in [2.05, 4.69) is 222 Å². The molecule has 4 aliphatic rings. The van der Waals surface area contributed by atoms with Crippen LogP contribution in [-0.4, -0.2) is 6.88 Å². The molecule has 0 radical (unpaired) electrons. The maximum atomic E-state index is 2.94. The van der Waals surface area contributed by atoms with E-state index in [1.54, 1.807) is 22.3 Å². The third-order valence-corrected chi connectivity index (χ3v) is 35.7. The van der Waals surface area contributed by atoms with Crippen LogP contribution in [0.3, 0.4) is 0 Å². The zero-order valence-electron chi connectivity index (χ0n) is 41.8. The van der Waals surface area contributed by atoms with Gasteiger partial charge in [-0.3, -0.25) is 0 Å². The molecule has 0 spiro atoms. The predicted molar refractivity (Wildman–Crippen MR) is 310 cm³/mol. The normalized spacial score (nSPS) is 18.0. The fraction of sp³-hybridized carbons (Fsp3) is 0.200. The summed E-state index contributed by atoms with van der Waals surface area (Å²) >= 11 is -4.44. The van der Waals surface area contributed by atoms with Crippen LogP contribution in [0.5, 0.6) is 0 Å². The van der Waals surface area contributed by atoms with Gasteiger partial charge in [0.2, 0.25) is 0 Å². The molecule has 10 aromatic carbocycles. The van der Waals surface area contributed by atoms with Crippen molar-refractivity contribution in [2.45, 2.75) is 67.9 Å². The second-order valence-corrected chi connectivity index (χ2v) is 53.8. The Morgan fingerprint density at radius 3 is 0.958 bits per heavy atom. The number of hydrogen-bond acceptors (Lipinski definition) is 0. The van der Waals surface area contributed by atoms with Crippen LogP contribution < -0.4 is 0 Å². The molecule has 4 aliphatic carbocycles. The zero-order valence-corrected chi connectivity index (χ0v) is 45.7. The van der Waals surface area contributed by atoms with Crippen LogP contribution in [0.4, 0.5) is 0 Å².